The minimum Gasteiger partial charge on any atom is -0.463 e. The molecule has 0 aliphatic carbocycles. The number of ether oxygens (including phenoxy) is 1. The Morgan fingerprint density at radius 1 is 1.06 bits per heavy atom. The van der Waals surface area contributed by atoms with Crippen molar-refractivity contribution < 1.29 is 22.7 Å². The maximum atomic E-state index is 12.8. The van der Waals surface area contributed by atoms with Gasteiger partial charge in [0.15, 0.2) is 0 Å². The van der Waals surface area contributed by atoms with Gasteiger partial charge in [-0.15, -0.1) is 0 Å². The molecular weight excluding hydrogens is 245 g/mol. The van der Waals surface area contributed by atoms with E-state index in [2.05, 4.69) is 4.74 Å². The predicted octanol–water partition coefficient (Wildman–Crippen LogP) is 3.53. The van der Waals surface area contributed by atoms with Gasteiger partial charge in [0.05, 0.1) is 5.56 Å². The zero-order valence-electron chi connectivity index (χ0n) is 9.20. The van der Waals surface area contributed by atoms with E-state index in [1.165, 1.54) is 12.1 Å². The first-order valence-corrected chi connectivity index (χ1v) is 5.17. The average molecular weight is 254 g/mol. The minimum atomic E-state index is -4.40. The van der Waals surface area contributed by atoms with E-state index in [9.17, 15) is 18.0 Å². The zero-order chi connectivity index (χ0) is 13.2. The first-order valence-electron chi connectivity index (χ1n) is 5.17. The van der Waals surface area contributed by atoms with Crippen molar-refractivity contribution in [2.45, 2.75) is 12.8 Å². The largest absolute Gasteiger partial charge is 0.463 e. The Bertz CT molecular complexity index is 576. The smallest absolute Gasteiger partial charge is 0.417 e. The van der Waals surface area contributed by atoms with E-state index < -0.39 is 11.7 Å². The number of halogens is 3. The van der Waals surface area contributed by atoms with Crippen molar-refractivity contribution in [3.05, 3.63) is 47.5 Å². The normalized spacial score (nSPS) is 11.5. The molecule has 0 radical (unpaired) electrons. The van der Waals surface area contributed by atoms with Crippen molar-refractivity contribution in [1.29, 1.82) is 0 Å². The van der Waals surface area contributed by atoms with Gasteiger partial charge in [0.2, 0.25) is 0 Å². The Kier molecular flexibility index (Phi) is 3.23. The summed E-state index contributed by atoms with van der Waals surface area (Å²) in [6.07, 6.45) is -4.40. The van der Waals surface area contributed by atoms with Gasteiger partial charge in [-0.05, 0) is 22.4 Å². The van der Waals surface area contributed by atoms with E-state index in [1.54, 1.807) is 18.2 Å². The van der Waals surface area contributed by atoms with Crippen LogP contribution in [0.25, 0.3) is 10.8 Å². The molecule has 0 aromatic heterocycles. The van der Waals surface area contributed by atoms with Gasteiger partial charge in [0.25, 0.3) is 6.47 Å². The molecule has 0 bridgehead atoms. The molecule has 0 atom stereocenters. The number of fused-ring (bicyclic) bond motifs is 1. The molecule has 0 aliphatic rings. The fourth-order valence-corrected chi connectivity index (χ4v) is 1.86. The molecule has 5 heteroatoms. The summed E-state index contributed by atoms with van der Waals surface area (Å²) in [4.78, 5) is 10.1. The lowest BCUT2D eigenvalue weighted by Gasteiger charge is -2.13. The molecule has 18 heavy (non-hydrogen) atoms. The van der Waals surface area contributed by atoms with E-state index in [4.69, 9.17) is 0 Å². The van der Waals surface area contributed by atoms with Crippen molar-refractivity contribution in [3.8, 4) is 0 Å². The molecule has 2 aromatic carbocycles. The van der Waals surface area contributed by atoms with Gasteiger partial charge in [0.1, 0.15) is 6.61 Å². The summed E-state index contributed by atoms with van der Waals surface area (Å²) >= 11 is 0. The highest BCUT2D eigenvalue weighted by Gasteiger charge is 2.32. The van der Waals surface area contributed by atoms with Crippen molar-refractivity contribution in [2.24, 2.45) is 0 Å². The Morgan fingerprint density at radius 2 is 1.72 bits per heavy atom. The van der Waals surface area contributed by atoms with E-state index >= 15 is 0 Å². The van der Waals surface area contributed by atoms with Crippen LogP contribution in [0.15, 0.2) is 36.4 Å². The second-order valence-corrected chi connectivity index (χ2v) is 3.72. The topological polar surface area (TPSA) is 26.3 Å². The predicted molar refractivity (Wildman–Crippen MR) is 59.8 cm³/mol. The standard InChI is InChI=1S/C13H9F3O2/c14-13(15,16)12-6-5-9(7-18-8-17)10-3-1-2-4-11(10)12/h1-6,8H,7H2. The van der Waals surface area contributed by atoms with Crippen LogP contribution in [0.2, 0.25) is 0 Å². The van der Waals surface area contributed by atoms with E-state index in [1.807, 2.05) is 0 Å². The lowest BCUT2D eigenvalue weighted by atomic mass is 9.99. The molecule has 0 spiro atoms. The number of hydrogen-bond acceptors (Lipinski definition) is 2. The highest BCUT2D eigenvalue weighted by molar-refractivity contribution is 5.89. The summed E-state index contributed by atoms with van der Waals surface area (Å²) in [6.45, 7) is 0.231. The van der Waals surface area contributed by atoms with Crippen LogP contribution in [0.4, 0.5) is 13.2 Å². The van der Waals surface area contributed by atoms with Crippen molar-refractivity contribution in [3.63, 3.8) is 0 Å². The first kappa shape index (κ1) is 12.4. The molecule has 2 rings (SSSR count). The average Bonchev–Trinajstić information content (AvgIpc) is 2.34. The van der Waals surface area contributed by atoms with Crippen molar-refractivity contribution >= 4 is 17.2 Å². The number of benzene rings is 2. The number of carbonyl (C=O) groups is 1. The highest BCUT2D eigenvalue weighted by atomic mass is 19.4. The van der Waals surface area contributed by atoms with Gasteiger partial charge in [-0.1, -0.05) is 30.3 Å². The van der Waals surface area contributed by atoms with Gasteiger partial charge in [0, 0.05) is 0 Å². The van der Waals surface area contributed by atoms with Crippen molar-refractivity contribution in [2.75, 3.05) is 0 Å². The highest BCUT2D eigenvalue weighted by Crippen LogP contribution is 2.35. The molecule has 0 amide bonds. The van der Waals surface area contributed by atoms with Crippen LogP contribution in [0, 0.1) is 0 Å². The fourth-order valence-electron chi connectivity index (χ4n) is 1.86. The quantitative estimate of drug-likeness (QED) is 0.783. The molecule has 0 saturated heterocycles. The summed E-state index contributed by atoms with van der Waals surface area (Å²) in [6, 6.07) is 8.51. The van der Waals surface area contributed by atoms with E-state index in [0.717, 1.165) is 6.07 Å². The van der Waals surface area contributed by atoms with Gasteiger partial charge < -0.3 is 4.74 Å². The lowest BCUT2D eigenvalue weighted by molar-refractivity contribution is -0.136. The fraction of sp³-hybridized carbons (Fsp3) is 0.154. The molecule has 0 saturated carbocycles. The van der Waals surface area contributed by atoms with Crippen LogP contribution in [-0.4, -0.2) is 6.47 Å². The van der Waals surface area contributed by atoms with Gasteiger partial charge in [-0.25, -0.2) is 0 Å². The molecule has 0 aliphatic heterocycles. The van der Waals surface area contributed by atoms with E-state index in [0.29, 0.717) is 10.9 Å². The Balaban J connectivity index is 2.62. The first-order chi connectivity index (χ1) is 8.54. The molecular formula is C13H9F3O2. The lowest BCUT2D eigenvalue weighted by Crippen LogP contribution is -2.06. The Labute approximate surface area is 101 Å². The number of rotatable bonds is 3. The summed E-state index contributed by atoms with van der Waals surface area (Å²) in [5.74, 6) is 0. The SMILES string of the molecule is O=COCc1ccc(C(F)(F)F)c2ccccc12. The van der Waals surface area contributed by atoms with Gasteiger partial charge in [-0.3, -0.25) is 4.79 Å². The van der Waals surface area contributed by atoms with Crippen LogP contribution in [0.5, 0.6) is 0 Å². The summed E-state index contributed by atoms with van der Waals surface area (Å²) in [5, 5.41) is 0.547. The zero-order valence-corrected chi connectivity index (χ0v) is 9.20. The maximum absolute atomic E-state index is 12.8. The monoisotopic (exact) mass is 254 g/mol. The summed E-state index contributed by atoms with van der Waals surface area (Å²) in [5.41, 5.74) is -0.140. The molecule has 0 unspecified atom stereocenters. The van der Waals surface area contributed by atoms with Gasteiger partial charge in [-0.2, -0.15) is 13.2 Å². The van der Waals surface area contributed by atoms with Crippen LogP contribution < -0.4 is 0 Å². The van der Waals surface area contributed by atoms with Crippen molar-refractivity contribution in [1.82, 2.24) is 0 Å². The van der Waals surface area contributed by atoms with Crippen LogP contribution >= 0.6 is 0 Å². The third-order valence-corrected chi connectivity index (χ3v) is 2.63. The third kappa shape index (κ3) is 2.30. The molecule has 0 fully saturated rings. The van der Waals surface area contributed by atoms with Crippen LogP contribution in [-0.2, 0) is 22.3 Å². The molecule has 2 aromatic rings. The van der Waals surface area contributed by atoms with Crippen LogP contribution in [0.3, 0.4) is 0 Å². The molecule has 2 nitrogen and oxygen atoms in total. The number of carbonyl (C=O) groups excluding carboxylic acids is 1. The molecule has 0 heterocycles. The summed E-state index contributed by atoms with van der Waals surface area (Å²) < 4.78 is 43.0. The summed E-state index contributed by atoms with van der Waals surface area (Å²) in [7, 11) is 0. The van der Waals surface area contributed by atoms with E-state index in [-0.39, 0.29) is 18.5 Å². The number of alkyl halides is 3. The molecule has 94 valence electrons. The second-order valence-electron chi connectivity index (χ2n) is 3.72. The maximum Gasteiger partial charge on any atom is 0.417 e. The van der Waals surface area contributed by atoms with Gasteiger partial charge >= 0.3 is 6.18 Å². The second kappa shape index (κ2) is 4.68. The minimum absolute atomic E-state index is 0.0395. The van der Waals surface area contributed by atoms with Crippen LogP contribution in [0.1, 0.15) is 11.1 Å². The Hall–Kier alpha value is -2.04. The molecule has 0 N–H and O–H groups in total. The number of hydrogen-bond donors (Lipinski definition) is 0. The third-order valence-electron chi connectivity index (χ3n) is 2.63. The Morgan fingerprint density at radius 3 is 2.33 bits per heavy atom.